The van der Waals surface area contributed by atoms with Crippen molar-refractivity contribution in [1.82, 2.24) is 10.4 Å². The third-order valence-electron chi connectivity index (χ3n) is 4.51. The first kappa shape index (κ1) is 19.1. The van der Waals surface area contributed by atoms with Gasteiger partial charge in [0.1, 0.15) is 5.75 Å². The lowest BCUT2D eigenvalue weighted by Gasteiger charge is -2.06. The molecule has 0 saturated carbocycles. The van der Waals surface area contributed by atoms with Crippen LogP contribution < -0.4 is 15.7 Å². The quantitative estimate of drug-likeness (QED) is 0.384. The number of rotatable bonds is 6. The van der Waals surface area contributed by atoms with Crippen LogP contribution in [-0.4, -0.2) is 23.7 Å². The van der Waals surface area contributed by atoms with Gasteiger partial charge in [-0.2, -0.15) is 5.10 Å². The summed E-state index contributed by atoms with van der Waals surface area (Å²) in [7, 11) is 0. The van der Waals surface area contributed by atoms with Crippen LogP contribution in [0, 0.1) is 0 Å². The summed E-state index contributed by atoms with van der Waals surface area (Å²) in [6, 6.07) is 26.7. The average molecular weight is 397 g/mol. The summed E-state index contributed by atoms with van der Waals surface area (Å²) in [4.78, 5) is 26.8. The molecule has 0 unspecified atom stereocenters. The average Bonchev–Trinajstić information content (AvgIpc) is 2.79. The standard InChI is InChI=1S/C24H19N3O3/c28-23(16-30-21-12-10-18(11-13-21)17-6-2-1-3-7-17)27-25-15-20-14-19-8-4-5-9-22(19)26-24(20)29/h1-15H,16H2,(H,26,29)(H,27,28)/b25-15+. The zero-order valence-electron chi connectivity index (χ0n) is 16.0. The Morgan fingerprint density at radius 2 is 1.63 bits per heavy atom. The first-order chi connectivity index (χ1) is 14.7. The van der Waals surface area contributed by atoms with Gasteiger partial charge in [0.05, 0.1) is 11.8 Å². The maximum Gasteiger partial charge on any atom is 0.277 e. The Kier molecular flexibility index (Phi) is 5.66. The summed E-state index contributed by atoms with van der Waals surface area (Å²) in [5.41, 5.74) is 5.37. The van der Waals surface area contributed by atoms with Gasteiger partial charge < -0.3 is 9.72 Å². The van der Waals surface area contributed by atoms with Crippen LogP contribution in [-0.2, 0) is 4.79 Å². The number of aromatic amines is 1. The summed E-state index contributed by atoms with van der Waals surface area (Å²) < 4.78 is 5.49. The molecule has 6 nitrogen and oxygen atoms in total. The number of carbonyl (C=O) groups excluding carboxylic acids is 1. The van der Waals surface area contributed by atoms with Crippen LogP contribution in [0.25, 0.3) is 22.0 Å². The number of pyridine rings is 1. The number of para-hydroxylation sites is 1. The fraction of sp³-hybridized carbons (Fsp3) is 0.0417. The summed E-state index contributed by atoms with van der Waals surface area (Å²) in [5, 5.41) is 4.73. The smallest absolute Gasteiger partial charge is 0.277 e. The maximum atomic E-state index is 12.1. The van der Waals surface area contributed by atoms with E-state index in [9.17, 15) is 9.59 Å². The van der Waals surface area contributed by atoms with Gasteiger partial charge in [-0.1, -0.05) is 60.7 Å². The topological polar surface area (TPSA) is 83.5 Å². The molecule has 0 aliphatic rings. The number of hydrogen-bond acceptors (Lipinski definition) is 4. The van der Waals surface area contributed by atoms with Gasteiger partial charge in [-0.05, 0) is 40.8 Å². The highest BCUT2D eigenvalue weighted by Gasteiger charge is 2.04. The maximum absolute atomic E-state index is 12.1. The Bertz CT molecular complexity index is 1250. The molecule has 1 amide bonds. The van der Waals surface area contributed by atoms with E-state index in [0.717, 1.165) is 22.0 Å². The normalized spacial score (nSPS) is 10.9. The lowest BCUT2D eigenvalue weighted by molar-refractivity contribution is -0.123. The third-order valence-corrected chi connectivity index (χ3v) is 4.51. The Balaban J connectivity index is 1.32. The van der Waals surface area contributed by atoms with Crippen LogP contribution in [0.2, 0.25) is 0 Å². The molecule has 4 aromatic rings. The molecule has 0 aliphatic carbocycles. The minimum atomic E-state index is -0.421. The number of ether oxygens (including phenoxy) is 1. The zero-order valence-corrected chi connectivity index (χ0v) is 16.0. The van der Waals surface area contributed by atoms with Crippen molar-refractivity contribution in [2.45, 2.75) is 0 Å². The molecule has 0 saturated heterocycles. The SMILES string of the molecule is O=C(COc1ccc(-c2ccccc2)cc1)N/N=C/c1cc2ccccc2[nH]c1=O. The molecule has 0 fully saturated rings. The number of H-pyrrole nitrogens is 1. The van der Waals surface area contributed by atoms with Gasteiger partial charge in [-0.25, -0.2) is 5.43 Å². The Labute approximate surface area is 172 Å². The molecule has 148 valence electrons. The molecule has 1 aromatic heterocycles. The predicted molar refractivity (Wildman–Crippen MR) is 118 cm³/mol. The van der Waals surface area contributed by atoms with Gasteiger partial charge in [0.25, 0.3) is 11.5 Å². The van der Waals surface area contributed by atoms with E-state index in [4.69, 9.17) is 4.74 Å². The number of benzene rings is 3. The fourth-order valence-electron chi connectivity index (χ4n) is 2.99. The molecule has 2 N–H and O–H groups in total. The fourth-order valence-corrected chi connectivity index (χ4v) is 2.99. The van der Waals surface area contributed by atoms with E-state index in [1.807, 2.05) is 78.9 Å². The number of hydrogen-bond donors (Lipinski definition) is 2. The number of fused-ring (bicyclic) bond motifs is 1. The third kappa shape index (κ3) is 4.62. The van der Waals surface area contributed by atoms with E-state index in [1.54, 1.807) is 6.07 Å². The molecule has 1 heterocycles. The molecule has 3 aromatic carbocycles. The van der Waals surface area contributed by atoms with E-state index in [0.29, 0.717) is 11.3 Å². The summed E-state index contributed by atoms with van der Waals surface area (Å²) >= 11 is 0. The van der Waals surface area contributed by atoms with Crippen LogP contribution in [0.4, 0.5) is 0 Å². The van der Waals surface area contributed by atoms with Crippen LogP contribution >= 0.6 is 0 Å². The van der Waals surface area contributed by atoms with Gasteiger partial charge in [-0.3, -0.25) is 9.59 Å². The monoisotopic (exact) mass is 397 g/mol. The Morgan fingerprint density at radius 3 is 2.43 bits per heavy atom. The van der Waals surface area contributed by atoms with Crippen molar-refractivity contribution in [2.75, 3.05) is 6.61 Å². The van der Waals surface area contributed by atoms with Crippen LogP contribution in [0.15, 0.2) is 94.8 Å². The Morgan fingerprint density at radius 1 is 0.933 bits per heavy atom. The minimum absolute atomic E-state index is 0.184. The molecule has 0 aliphatic heterocycles. The van der Waals surface area contributed by atoms with E-state index in [2.05, 4.69) is 15.5 Å². The summed E-state index contributed by atoms with van der Waals surface area (Å²) in [6.07, 6.45) is 1.32. The van der Waals surface area contributed by atoms with Gasteiger partial charge in [-0.15, -0.1) is 0 Å². The molecular formula is C24H19N3O3. The van der Waals surface area contributed by atoms with Crippen molar-refractivity contribution < 1.29 is 9.53 Å². The van der Waals surface area contributed by atoms with Crippen LogP contribution in [0.5, 0.6) is 5.75 Å². The molecule has 4 rings (SSSR count). The lowest BCUT2D eigenvalue weighted by Crippen LogP contribution is -2.25. The van der Waals surface area contributed by atoms with Crippen LogP contribution in [0.3, 0.4) is 0 Å². The Hall–Kier alpha value is -4.19. The van der Waals surface area contributed by atoms with Crippen molar-refractivity contribution in [3.05, 3.63) is 101 Å². The number of amides is 1. The van der Waals surface area contributed by atoms with Gasteiger partial charge in [0.15, 0.2) is 6.61 Å². The van der Waals surface area contributed by atoms with E-state index in [1.165, 1.54) is 6.21 Å². The molecule has 0 spiro atoms. The first-order valence-electron chi connectivity index (χ1n) is 9.41. The molecule has 6 heteroatoms. The van der Waals surface area contributed by atoms with E-state index < -0.39 is 5.91 Å². The zero-order chi connectivity index (χ0) is 20.8. The number of nitrogens with zero attached hydrogens (tertiary/aromatic N) is 1. The van der Waals surface area contributed by atoms with Crippen molar-refractivity contribution in [3.63, 3.8) is 0 Å². The molecule has 0 radical (unpaired) electrons. The summed E-state index contributed by atoms with van der Waals surface area (Å²) in [6.45, 7) is -0.184. The van der Waals surface area contributed by atoms with Crippen LogP contribution in [0.1, 0.15) is 5.56 Å². The van der Waals surface area contributed by atoms with E-state index >= 15 is 0 Å². The second-order valence-corrected chi connectivity index (χ2v) is 6.61. The number of carbonyl (C=O) groups is 1. The lowest BCUT2D eigenvalue weighted by atomic mass is 10.1. The highest BCUT2D eigenvalue weighted by Crippen LogP contribution is 2.21. The first-order valence-corrected chi connectivity index (χ1v) is 9.41. The van der Waals surface area contributed by atoms with Crippen molar-refractivity contribution >= 4 is 23.0 Å². The highest BCUT2D eigenvalue weighted by molar-refractivity contribution is 5.88. The predicted octanol–water partition coefficient (Wildman–Crippen LogP) is 3.72. The second kappa shape index (κ2) is 8.87. The molecule has 0 bridgehead atoms. The second-order valence-electron chi connectivity index (χ2n) is 6.61. The number of hydrazone groups is 1. The van der Waals surface area contributed by atoms with Crippen molar-refractivity contribution in [2.24, 2.45) is 5.10 Å². The molecule has 0 atom stereocenters. The number of nitrogens with one attached hydrogen (secondary N) is 2. The molecular weight excluding hydrogens is 378 g/mol. The molecule has 30 heavy (non-hydrogen) atoms. The van der Waals surface area contributed by atoms with E-state index in [-0.39, 0.29) is 12.2 Å². The highest BCUT2D eigenvalue weighted by atomic mass is 16.5. The largest absolute Gasteiger partial charge is 0.484 e. The van der Waals surface area contributed by atoms with Gasteiger partial charge in [0.2, 0.25) is 0 Å². The number of aromatic nitrogens is 1. The van der Waals surface area contributed by atoms with Gasteiger partial charge in [0, 0.05) is 5.52 Å². The van der Waals surface area contributed by atoms with Gasteiger partial charge >= 0.3 is 0 Å². The van der Waals surface area contributed by atoms with Crippen molar-refractivity contribution in [1.29, 1.82) is 0 Å². The van der Waals surface area contributed by atoms with Crippen molar-refractivity contribution in [3.8, 4) is 16.9 Å². The summed E-state index contributed by atoms with van der Waals surface area (Å²) in [5.74, 6) is 0.162. The minimum Gasteiger partial charge on any atom is -0.484 e.